The number of hydrogen-bond donors (Lipinski definition) is 2. The lowest BCUT2D eigenvalue weighted by Gasteiger charge is -2.14. The van der Waals surface area contributed by atoms with Crippen LogP contribution in [0, 0.1) is 5.92 Å². The van der Waals surface area contributed by atoms with Gasteiger partial charge in [0.05, 0.1) is 12.2 Å². The summed E-state index contributed by atoms with van der Waals surface area (Å²) in [5.41, 5.74) is 2.31. The Morgan fingerprint density at radius 3 is 2.42 bits per heavy atom. The first-order valence-electron chi connectivity index (χ1n) is 8.27. The Hall–Kier alpha value is -3.41. The maximum atomic E-state index is 12.3. The smallest absolute Gasteiger partial charge is 0.308 e. The van der Waals surface area contributed by atoms with Gasteiger partial charge in [-0.2, -0.15) is 0 Å². The molecule has 0 aliphatic carbocycles. The molecule has 3 aromatic rings. The first kappa shape index (κ1) is 17.4. The van der Waals surface area contributed by atoms with Crippen molar-refractivity contribution in [3.8, 4) is 5.69 Å². The Labute approximate surface area is 151 Å². The minimum absolute atomic E-state index is 0.0757. The van der Waals surface area contributed by atoms with Gasteiger partial charge in [-0.05, 0) is 36.2 Å². The Morgan fingerprint density at radius 1 is 1.08 bits per heavy atom. The minimum atomic E-state index is -0.926. The van der Waals surface area contributed by atoms with E-state index in [1.807, 2.05) is 53.2 Å². The lowest BCUT2D eigenvalue weighted by molar-refractivity contribution is -0.141. The highest BCUT2D eigenvalue weighted by atomic mass is 16.4. The predicted molar refractivity (Wildman–Crippen MR) is 97.2 cm³/mol. The number of imidazole rings is 1. The number of carbonyl (C=O) groups is 2. The number of rotatable bonds is 7. The maximum absolute atomic E-state index is 12.3. The molecule has 0 aliphatic rings. The summed E-state index contributed by atoms with van der Waals surface area (Å²) in [5, 5.41) is 12.1. The molecule has 1 heterocycles. The van der Waals surface area contributed by atoms with Crippen molar-refractivity contribution in [1.82, 2.24) is 14.9 Å². The molecule has 0 fully saturated rings. The van der Waals surface area contributed by atoms with Crippen LogP contribution in [0.2, 0.25) is 0 Å². The zero-order chi connectivity index (χ0) is 18.4. The van der Waals surface area contributed by atoms with E-state index in [9.17, 15) is 14.7 Å². The van der Waals surface area contributed by atoms with Crippen LogP contribution in [0.5, 0.6) is 0 Å². The third kappa shape index (κ3) is 4.36. The van der Waals surface area contributed by atoms with Crippen LogP contribution in [0.1, 0.15) is 15.9 Å². The van der Waals surface area contributed by atoms with Crippen molar-refractivity contribution < 1.29 is 14.7 Å². The summed E-state index contributed by atoms with van der Waals surface area (Å²) in [5.74, 6) is -1.89. The molecule has 0 spiro atoms. The van der Waals surface area contributed by atoms with E-state index in [0.717, 1.165) is 11.3 Å². The molecule has 1 atom stereocenters. The third-order valence-electron chi connectivity index (χ3n) is 4.12. The van der Waals surface area contributed by atoms with Crippen molar-refractivity contribution in [2.45, 2.75) is 6.42 Å². The molecule has 6 heteroatoms. The standard InChI is InChI=1S/C20H19N3O3/c24-19(16-6-8-18(9-7-16)23-11-10-21-14-23)22-13-17(20(25)26)12-15-4-2-1-3-5-15/h1-11,14,17H,12-13H2,(H,22,24)(H,25,26). The second-order valence-electron chi connectivity index (χ2n) is 5.95. The van der Waals surface area contributed by atoms with Crippen LogP contribution in [-0.4, -0.2) is 33.1 Å². The van der Waals surface area contributed by atoms with Gasteiger partial charge >= 0.3 is 5.97 Å². The van der Waals surface area contributed by atoms with E-state index in [4.69, 9.17) is 0 Å². The quantitative estimate of drug-likeness (QED) is 0.686. The molecule has 0 saturated heterocycles. The molecule has 1 aromatic heterocycles. The molecule has 2 N–H and O–H groups in total. The van der Waals surface area contributed by atoms with Crippen molar-refractivity contribution in [2.24, 2.45) is 5.92 Å². The van der Waals surface area contributed by atoms with Crippen LogP contribution in [0.15, 0.2) is 73.3 Å². The molecule has 0 saturated carbocycles. The number of nitrogens with zero attached hydrogens (tertiary/aromatic N) is 2. The summed E-state index contributed by atoms with van der Waals surface area (Å²) in [6, 6.07) is 16.4. The Bertz CT molecular complexity index is 859. The SMILES string of the molecule is O=C(NCC(Cc1ccccc1)C(=O)O)c1ccc(-n2ccnc2)cc1. The Morgan fingerprint density at radius 2 is 1.81 bits per heavy atom. The fraction of sp³-hybridized carbons (Fsp3) is 0.150. The number of aromatic nitrogens is 2. The molecule has 132 valence electrons. The number of benzene rings is 2. The van der Waals surface area contributed by atoms with E-state index in [2.05, 4.69) is 10.3 Å². The summed E-state index contributed by atoms with van der Waals surface area (Å²) >= 11 is 0. The summed E-state index contributed by atoms with van der Waals surface area (Å²) in [6.07, 6.45) is 5.54. The highest BCUT2D eigenvalue weighted by molar-refractivity contribution is 5.94. The van der Waals surface area contributed by atoms with Gasteiger partial charge in [0.25, 0.3) is 5.91 Å². The summed E-state index contributed by atoms with van der Waals surface area (Å²) in [4.78, 5) is 27.8. The lowest BCUT2D eigenvalue weighted by atomic mass is 9.99. The topological polar surface area (TPSA) is 84.2 Å². The molecular formula is C20H19N3O3. The lowest BCUT2D eigenvalue weighted by Crippen LogP contribution is -2.34. The largest absolute Gasteiger partial charge is 0.481 e. The summed E-state index contributed by atoms with van der Waals surface area (Å²) < 4.78 is 1.84. The number of carbonyl (C=O) groups excluding carboxylic acids is 1. The second-order valence-corrected chi connectivity index (χ2v) is 5.95. The van der Waals surface area contributed by atoms with Crippen molar-refractivity contribution in [3.05, 3.63) is 84.4 Å². The molecule has 3 rings (SSSR count). The van der Waals surface area contributed by atoms with Crippen molar-refractivity contribution in [2.75, 3.05) is 6.54 Å². The molecular weight excluding hydrogens is 330 g/mol. The van der Waals surface area contributed by atoms with Gasteiger partial charge < -0.3 is 15.0 Å². The van der Waals surface area contributed by atoms with Gasteiger partial charge in [0, 0.05) is 30.2 Å². The van der Waals surface area contributed by atoms with Gasteiger partial charge in [-0.15, -0.1) is 0 Å². The van der Waals surface area contributed by atoms with Crippen LogP contribution in [0.4, 0.5) is 0 Å². The molecule has 0 radical (unpaired) electrons. The van der Waals surface area contributed by atoms with Crippen LogP contribution >= 0.6 is 0 Å². The second kappa shape index (κ2) is 8.11. The molecule has 1 unspecified atom stereocenters. The van der Waals surface area contributed by atoms with Gasteiger partial charge in [-0.25, -0.2) is 4.98 Å². The highest BCUT2D eigenvalue weighted by Gasteiger charge is 2.19. The molecule has 2 aromatic carbocycles. The number of carboxylic acid groups (broad SMARTS) is 1. The van der Waals surface area contributed by atoms with Crippen molar-refractivity contribution >= 4 is 11.9 Å². The zero-order valence-corrected chi connectivity index (χ0v) is 14.1. The first-order chi connectivity index (χ1) is 12.6. The molecule has 0 bridgehead atoms. The maximum Gasteiger partial charge on any atom is 0.308 e. The van der Waals surface area contributed by atoms with E-state index < -0.39 is 11.9 Å². The number of aliphatic carboxylic acids is 1. The summed E-state index contributed by atoms with van der Waals surface area (Å²) in [7, 11) is 0. The molecule has 6 nitrogen and oxygen atoms in total. The number of hydrogen-bond acceptors (Lipinski definition) is 3. The number of nitrogens with one attached hydrogen (secondary N) is 1. The fourth-order valence-corrected chi connectivity index (χ4v) is 2.66. The van der Waals surface area contributed by atoms with E-state index in [0.29, 0.717) is 12.0 Å². The van der Waals surface area contributed by atoms with Gasteiger partial charge in [0.15, 0.2) is 0 Å². The van der Waals surface area contributed by atoms with Gasteiger partial charge in [-0.1, -0.05) is 30.3 Å². The first-order valence-corrected chi connectivity index (χ1v) is 8.27. The minimum Gasteiger partial charge on any atom is -0.481 e. The van der Waals surface area contributed by atoms with E-state index >= 15 is 0 Å². The van der Waals surface area contributed by atoms with E-state index in [-0.39, 0.29) is 12.5 Å². The zero-order valence-electron chi connectivity index (χ0n) is 14.1. The number of carboxylic acids is 1. The molecule has 1 amide bonds. The van der Waals surface area contributed by atoms with Gasteiger partial charge in [0.2, 0.25) is 0 Å². The van der Waals surface area contributed by atoms with Crippen LogP contribution in [0.3, 0.4) is 0 Å². The normalized spacial score (nSPS) is 11.7. The van der Waals surface area contributed by atoms with Crippen LogP contribution in [-0.2, 0) is 11.2 Å². The van der Waals surface area contributed by atoms with Gasteiger partial charge in [-0.3, -0.25) is 9.59 Å². The molecule has 26 heavy (non-hydrogen) atoms. The molecule has 0 aliphatic heterocycles. The predicted octanol–water partition coefficient (Wildman–Crippen LogP) is 2.55. The van der Waals surface area contributed by atoms with E-state index in [1.54, 1.807) is 24.7 Å². The average molecular weight is 349 g/mol. The average Bonchev–Trinajstić information content (AvgIpc) is 3.20. The fourth-order valence-electron chi connectivity index (χ4n) is 2.66. The highest BCUT2D eigenvalue weighted by Crippen LogP contribution is 2.11. The monoisotopic (exact) mass is 349 g/mol. The Kier molecular flexibility index (Phi) is 5.43. The van der Waals surface area contributed by atoms with Crippen molar-refractivity contribution in [3.63, 3.8) is 0 Å². The summed E-state index contributed by atoms with van der Waals surface area (Å²) in [6.45, 7) is 0.0757. The van der Waals surface area contributed by atoms with Crippen LogP contribution < -0.4 is 5.32 Å². The third-order valence-corrected chi connectivity index (χ3v) is 4.12. The van der Waals surface area contributed by atoms with E-state index in [1.165, 1.54) is 0 Å². The van der Waals surface area contributed by atoms with Gasteiger partial charge in [0.1, 0.15) is 0 Å². The van der Waals surface area contributed by atoms with Crippen molar-refractivity contribution in [1.29, 1.82) is 0 Å². The Balaban J connectivity index is 1.60. The number of amides is 1. The van der Waals surface area contributed by atoms with Crippen LogP contribution in [0.25, 0.3) is 5.69 Å².